The van der Waals surface area contributed by atoms with Gasteiger partial charge in [0.25, 0.3) is 0 Å². The lowest BCUT2D eigenvalue weighted by Gasteiger charge is -2.23. The summed E-state index contributed by atoms with van der Waals surface area (Å²) in [6.45, 7) is 1.98. The van der Waals surface area contributed by atoms with Crippen LogP contribution in [0.4, 0.5) is 0 Å². The minimum atomic E-state index is 0. The third-order valence-electron chi connectivity index (χ3n) is 4.92. The van der Waals surface area contributed by atoms with Gasteiger partial charge in [-0.15, -0.1) is 12.4 Å². The van der Waals surface area contributed by atoms with Gasteiger partial charge in [-0.05, 0) is 68.5 Å². The second kappa shape index (κ2) is 6.93. The van der Waals surface area contributed by atoms with Gasteiger partial charge >= 0.3 is 0 Å². The number of carbonyl (C=O) groups excluding carboxylic acids is 1. The molecule has 2 aromatic rings. The molecular formula is C18H23ClN2O2. The monoisotopic (exact) mass is 334 g/mol. The van der Waals surface area contributed by atoms with Crippen LogP contribution in [0, 0.1) is 0 Å². The van der Waals surface area contributed by atoms with Crippen molar-refractivity contribution >= 4 is 29.3 Å². The van der Waals surface area contributed by atoms with E-state index >= 15 is 0 Å². The zero-order valence-corrected chi connectivity index (χ0v) is 14.0. The average Bonchev–Trinajstić information content (AvgIpc) is 3.13. The Morgan fingerprint density at radius 1 is 1.22 bits per heavy atom. The van der Waals surface area contributed by atoms with Crippen molar-refractivity contribution < 1.29 is 9.21 Å². The summed E-state index contributed by atoms with van der Waals surface area (Å²) < 4.78 is 5.68. The summed E-state index contributed by atoms with van der Waals surface area (Å²) >= 11 is 0. The van der Waals surface area contributed by atoms with E-state index in [-0.39, 0.29) is 18.3 Å². The molecule has 1 fully saturated rings. The molecule has 1 aromatic heterocycles. The number of furan rings is 1. The van der Waals surface area contributed by atoms with Crippen molar-refractivity contribution in [1.29, 1.82) is 0 Å². The van der Waals surface area contributed by atoms with Crippen molar-refractivity contribution in [1.82, 2.24) is 10.6 Å². The van der Waals surface area contributed by atoms with Gasteiger partial charge in [-0.1, -0.05) is 0 Å². The Morgan fingerprint density at radius 3 is 2.74 bits per heavy atom. The molecule has 2 N–H and O–H groups in total. The largest absolute Gasteiger partial charge is 0.464 e. The number of piperidine rings is 1. The lowest BCUT2D eigenvalue weighted by atomic mass is 10.0. The number of nitrogens with one attached hydrogen (secondary N) is 2. The first kappa shape index (κ1) is 16.3. The summed E-state index contributed by atoms with van der Waals surface area (Å²) in [7, 11) is 0. The van der Waals surface area contributed by atoms with Crippen molar-refractivity contribution in [2.45, 2.75) is 44.6 Å². The molecular weight excluding hydrogens is 312 g/mol. The molecule has 4 nitrogen and oxygen atoms in total. The smallest absolute Gasteiger partial charge is 0.224 e. The Bertz CT molecular complexity index is 704. The predicted octanol–water partition coefficient (Wildman–Crippen LogP) is 2.75. The van der Waals surface area contributed by atoms with Gasteiger partial charge in [-0.2, -0.15) is 0 Å². The highest BCUT2D eigenvalue weighted by Gasteiger charge is 2.19. The Hall–Kier alpha value is -1.52. The Morgan fingerprint density at radius 2 is 1.96 bits per heavy atom. The molecule has 1 aliphatic carbocycles. The average molecular weight is 335 g/mol. The van der Waals surface area contributed by atoms with E-state index in [9.17, 15) is 4.79 Å². The third-order valence-corrected chi connectivity index (χ3v) is 4.92. The van der Waals surface area contributed by atoms with Crippen LogP contribution in [-0.2, 0) is 24.1 Å². The maximum atomic E-state index is 12.3. The van der Waals surface area contributed by atoms with Gasteiger partial charge in [-0.3, -0.25) is 4.79 Å². The minimum absolute atomic E-state index is 0. The number of carbonyl (C=O) groups is 1. The second-order valence-corrected chi connectivity index (χ2v) is 6.50. The summed E-state index contributed by atoms with van der Waals surface area (Å²) in [6, 6.07) is 4.70. The summed E-state index contributed by atoms with van der Waals surface area (Å²) in [6.07, 6.45) is 7.73. The maximum Gasteiger partial charge on any atom is 0.224 e. The van der Waals surface area contributed by atoms with Crippen molar-refractivity contribution in [2.24, 2.45) is 0 Å². The van der Waals surface area contributed by atoms with Crippen LogP contribution >= 0.6 is 12.4 Å². The predicted molar refractivity (Wildman–Crippen MR) is 93.2 cm³/mol. The first-order chi connectivity index (χ1) is 10.8. The van der Waals surface area contributed by atoms with E-state index < -0.39 is 0 Å². The molecule has 124 valence electrons. The van der Waals surface area contributed by atoms with Crippen molar-refractivity contribution in [2.75, 3.05) is 13.1 Å². The quantitative estimate of drug-likeness (QED) is 0.907. The van der Waals surface area contributed by atoms with Crippen LogP contribution in [0.25, 0.3) is 11.0 Å². The molecule has 0 bridgehead atoms. The molecule has 1 aliphatic heterocycles. The van der Waals surface area contributed by atoms with Crippen molar-refractivity contribution in [3.8, 4) is 0 Å². The van der Waals surface area contributed by atoms with Crippen LogP contribution in [0.1, 0.15) is 36.0 Å². The highest BCUT2D eigenvalue weighted by Crippen LogP contribution is 2.30. The number of fused-ring (bicyclic) bond motifs is 2. The van der Waals surface area contributed by atoms with Crippen LogP contribution < -0.4 is 10.6 Å². The zero-order chi connectivity index (χ0) is 14.9. The van der Waals surface area contributed by atoms with Crippen LogP contribution in [0.15, 0.2) is 22.8 Å². The van der Waals surface area contributed by atoms with E-state index in [2.05, 4.69) is 22.8 Å². The fourth-order valence-corrected chi connectivity index (χ4v) is 3.70. The minimum Gasteiger partial charge on any atom is -0.464 e. The molecule has 0 atom stereocenters. The highest BCUT2D eigenvalue weighted by molar-refractivity contribution is 5.88. The van der Waals surface area contributed by atoms with E-state index in [0.717, 1.165) is 55.3 Å². The SMILES string of the molecule is Cl.O=C(Cc1coc2cc3c(cc12)CCC3)NC1CCNCC1. The molecule has 5 heteroatoms. The van der Waals surface area contributed by atoms with Gasteiger partial charge in [0, 0.05) is 17.0 Å². The maximum absolute atomic E-state index is 12.3. The van der Waals surface area contributed by atoms with Crippen LogP contribution in [0.2, 0.25) is 0 Å². The molecule has 1 saturated heterocycles. The molecule has 4 rings (SSSR count). The van der Waals surface area contributed by atoms with Gasteiger partial charge in [0.2, 0.25) is 5.91 Å². The second-order valence-electron chi connectivity index (χ2n) is 6.50. The van der Waals surface area contributed by atoms with E-state index in [1.807, 2.05) is 0 Å². The van der Waals surface area contributed by atoms with Gasteiger partial charge in [0.05, 0.1) is 12.7 Å². The van der Waals surface area contributed by atoms with Crippen molar-refractivity contribution in [3.63, 3.8) is 0 Å². The van der Waals surface area contributed by atoms with Crippen LogP contribution in [0.5, 0.6) is 0 Å². The molecule has 2 heterocycles. The van der Waals surface area contributed by atoms with Gasteiger partial charge < -0.3 is 15.1 Å². The number of hydrogen-bond acceptors (Lipinski definition) is 3. The standard InChI is InChI=1S/C18H22N2O2.ClH/c21-18(20-15-4-6-19-7-5-15)10-14-11-22-17-9-13-3-1-2-12(13)8-16(14)17;/h8-9,11,15,19H,1-7,10H2,(H,20,21);1H. The molecule has 1 amide bonds. The number of halogens is 1. The molecule has 23 heavy (non-hydrogen) atoms. The van der Waals surface area contributed by atoms with Gasteiger partial charge in [0.1, 0.15) is 5.58 Å². The summed E-state index contributed by atoms with van der Waals surface area (Å²) in [5.74, 6) is 0.107. The fraction of sp³-hybridized carbons (Fsp3) is 0.500. The molecule has 0 unspecified atom stereocenters. The lowest BCUT2D eigenvalue weighted by Crippen LogP contribution is -2.43. The molecule has 0 spiro atoms. The van der Waals surface area contributed by atoms with Gasteiger partial charge in [0.15, 0.2) is 0 Å². The molecule has 2 aliphatic rings. The topological polar surface area (TPSA) is 54.3 Å². The number of hydrogen-bond donors (Lipinski definition) is 2. The summed E-state index contributed by atoms with van der Waals surface area (Å²) in [5.41, 5.74) is 4.77. The number of benzene rings is 1. The summed E-state index contributed by atoms with van der Waals surface area (Å²) in [5, 5.41) is 7.58. The van der Waals surface area contributed by atoms with E-state index in [0.29, 0.717) is 12.5 Å². The number of aryl methyl sites for hydroxylation is 2. The Balaban J connectivity index is 0.00000156. The normalized spacial score (nSPS) is 17.7. The van der Waals surface area contributed by atoms with Gasteiger partial charge in [-0.25, -0.2) is 0 Å². The number of amides is 1. The van der Waals surface area contributed by atoms with E-state index in [4.69, 9.17) is 4.42 Å². The molecule has 0 radical (unpaired) electrons. The Labute approximate surface area is 142 Å². The zero-order valence-electron chi connectivity index (χ0n) is 13.2. The number of rotatable bonds is 3. The summed E-state index contributed by atoms with van der Waals surface area (Å²) in [4.78, 5) is 12.3. The van der Waals surface area contributed by atoms with E-state index in [1.54, 1.807) is 6.26 Å². The van der Waals surface area contributed by atoms with Crippen LogP contribution in [-0.4, -0.2) is 25.0 Å². The lowest BCUT2D eigenvalue weighted by molar-refractivity contribution is -0.121. The Kier molecular flexibility index (Phi) is 4.93. The highest BCUT2D eigenvalue weighted by atomic mass is 35.5. The first-order valence-electron chi connectivity index (χ1n) is 8.31. The molecule has 0 saturated carbocycles. The van der Waals surface area contributed by atoms with Crippen molar-refractivity contribution in [3.05, 3.63) is 35.1 Å². The third kappa shape index (κ3) is 3.38. The molecule has 1 aromatic carbocycles. The van der Waals surface area contributed by atoms with E-state index in [1.165, 1.54) is 17.5 Å². The fourth-order valence-electron chi connectivity index (χ4n) is 3.70. The van der Waals surface area contributed by atoms with Crippen LogP contribution in [0.3, 0.4) is 0 Å². The first-order valence-corrected chi connectivity index (χ1v) is 8.31.